The van der Waals surface area contributed by atoms with Crippen LogP contribution in [0.3, 0.4) is 0 Å². The van der Waals surface area contributed by atoms with Gasteiger partial charge in [-0.3, -0.25) is 0 Å². The fourth-order valence-electron chi connectivity index (χ4n) is 2.72. The van der Waals surface area contributed by atoms with Gasteiger partial charge in [-0.25, -0.2) is 13.1 Å². The molecular weight excluding hydrogens is 274 g/mol. The molecular formula is C15H23NO3S. The van der Waals surface area contributed by atoms with Crippen molar-refractivity contribution in [1.29, 1.82) is 0 Å². The molecule has 2 N–H and O–H groups in total. The van der Waals surface area contributed by atoms with Crippen molar-refractivity contribution < 1.29 is 13.5 Å². The number of benzene rings is 1. The molecule has 0 aromatic heterocycles. The molecule has 0 radical (unpaired) electrons. The fourth-order valence-corrected chi connectivity index (χ4v) is 3.77. The lowest BCUT2D eigenvalue weighted by Crippen LogP contribution is -2.27. The van der Waals surface area contributed by atoms with Crippen LogP contribution in [0.4, 0.5) is 0 Å². The van der Waals surface area contributed by atoms with Crippen LogP contribution in [0.15, 0.2) is 29.2 Å². The highest BCUT2D eigenvalue weighted by Gasteiger charge is 2.19. The maximum atomic E-state index is 12.0. The summed E-state index contributed by atoms with van der Waals surface area (Å²) in [7, 11) is -3.45. The number of hydrogen-bond acceptors (Lipinski definition) is 3. The smallest absolute Gasteiger partial charge is 0.240 e. The fraction of sp³-hybridized carbons (Fsp3) is 0.600. The zero-order valence-electron chi connectivity index (χ0n) is 11.9. The molecule has 0 heterocycles. The summed E-state index contributed by atoms with van der Waals surface area (Å²) in [5.41, 5.74) is 0. The molecule has 1 fully saturated rings. The van der Waals surface area contributed by atoms with Crippen molar-refractivity contribution in [2.24, 2.45) is 11.8 Å². The van der Waals surface area contributed by atoms with E-state index in [4.69, 9.17) is 0 Å². The Balaban J connectivity index is 1.82. The number of phenolic OH excluding ortho intramolecular Hbond substituents is 1. The predicted molar refractivity (Wildman–Crippen MR) is 79.0 cm³/mol. The van der Waals surface area contributed by atoms with Gasteiger partial charge in [-0.1, -0.05) is 32.6 Å². The highest BCUT2D eigenvalue weighted by molar-refractivity contribution is 7.89. The Kier molecular flexibility index (Phi) is 5.05. The van der Waals surface area contributed by atoms with Crippen LogP contribution < -0.4 is 4.72 Å². The molecule has 0 amide bonds. The highest BCUT2D eigenvalue weighted by Crippen LogP contribution is 2.30. The van der Waals surface area contributed by atoms with Crippen molar-refractivity contribution in [2.45, 2.75) is 43.9 Å². The van der Waals surface area contributed by atoms with E-state index in [0.29, 0.717) is 12.5 Å². The lowest BCUT2D eigenvalue weighted by atomic mass is 9.81. The van der Waals surface area contributed by atoms with Crippen LogP contribution in [0.2, 0.25) is 0 Å². The summed E-state index contributed by atoms with van der Waals surface area (Å²) in [6, 6.07) is 5.61. The zero-order valence-corrected chi connectivity index (χ0v) is 12.7. The van der Waals surface area contributed by atoms with E-state index in [2.05, 4.69) is 11.6 Å². The van der Waals surface area contributed by atoms with Gasteiger partial charge in [-0.05, 0) is 42.5 Å². The van der Waals surface area contributed by atoms with Gasteiger partial charge in [0.05, 0.1) is 4.90 Å². The summed E-state index contributed by atoms with van der Waals surface area (Å²) in [5, 5.41) is 9.17. The minimum atomic E-state index is -3.45. The Bertz CT molecular complexity index is 517. The first-order chi connectivity index (χ1) is 9.47. The Labute approximate surface area is 121 Å². The Hall–Kier alpha value is -1.07. The molecule has 0 atom stereocenters. The predicted octanol–water partition coefficient (Wildman–Crippen LogP) is 2.89. The molecule has 0 spiro atoms. The quantitative estimate of drug-likeness (QED) is 0.878. The molecule has 1 aromatic carbocycles. The van der Waals surface area contributed by atoms with Gasteiger partial charge in [-0.15, -0.1) is 0 Å². The second kappa shape index (κ2) is 6.59. The van der Waals surface area contributed by atoms with Gasteiger partial charge in [0.15, 0.2) is 0 Å². The minimum absolute atomic E-state index is 0.0697. The van der Waals surface area contributed by atoms with Crippen LogP contribution in [-0.2, 0) is 10.0 Å². The van der Waals surface area contributed by atoms with Crippen molar-refractivity contribution in [3.8, 4) is 5.75 Å². The van der Waals surface area contributed by atoms with Crippen LogP contribution in [0.25, 0.3) is 0 Å². The number of sulfonamides is 1. The molecule has 112 valence electrons. The maximum absolute atomic E-state index is 12.0. The van der Waals surface area contributed by atoms with Crippen molar-refractivity contribution in [3.63, 3.8) is 0 Å². The van der Waals surface area contributed by atoms with E-state index in [1.54, 1.807) is 0 Å². The summed E-state index contributed by atoms with van der Waals surface area (Å²) < 4.78 is 26.7. The third kappa shape index (κ3) is 4.21. The van der Waals surface area contributed by atoms with E-state index in [1.807, 2.05) is 0 Å². The number of rotatable bonds is 5. The van der Waals surface area contributed by atoms with E-state index in [-0.39, 0.29) is 10.6 Å². The highest BCUT2D eigenvalue weighted by atomic mass is 32.2. The summed E-state index contributed by atoms with van der Waals surface area (Å²) >= 11 is 0. The summed E-state index contributed by atoms with van der Waals surface area (Å²) in [6.07, 6.45) is 5.85. The lowest BCUT2D eigenvalue weighted by Gasteiger charge is -2.26. The van der Waals surface area contributed by atoms with Crippen LogP contribution in [0.1, 0.15) is 39.0 Å². The third-order valence-electron chi connectivity index (χ3n) is 4.13. The SMILES string of the molecule is CC1CCC(CCNS(=O)(=O)c2ccc(O)cc2)CC1. The van der Waals surface area contributed by atoms with Crippen LogP contribution in [0, 0.1) is 11.8 Å². The van der Waals surface area contributed by atoms with Crippen molar-refractivity contribution in [2.75, 3.05) is 6.54 Å². The Morgan fingerprint density at radius 3 is 2.35 bits per heavy atom. The van der Waals surface area contributed by atoms with Gasteiger partial charge in [0, 0.05) is 6.54 Å². The molecule has 1 aliphatic rings. The monoisotopic (exact) mass is 297 g/mol. The molecule has 2 rings (SSSR count). The largest absolute Gasteiger partial charge is 0.508 e. The molecule has 1 aromatic rings. The number of nitrogens with one attached hydrogen (secondary N) is 1. The normalized spacial score (nSPS) is 23.6. The van der Waals surface area contributed by atoms with Crippen LogP contribution in [0.5, 0.6) is 5.75 Å². The van der Waals surface area contributed by atoms with Crippen LogP contribution >= 0.6 is 0 Å². The molecule has 4 nitrogen and oxygen atoms in total. The van der Waals surface area contributed by atoms with E-state index in [1.165, 1.54) is 49.9 Å². The van der Waals surface area contributed by atoms with E-state index in [9.17, 15) is 13.5 Å². The van der Waals surface area contributed by atoms with Gasteiger partial charge in [0.2, 0.25) is 10.0 Å². The van der Waals surface area contributed by atoms with Crippen molar-refractivity contribution in [3.05, 3.63) is 24.3 Å². The average molecular weight is 297 g/mol. The lowest BCUT2D eigenvalue weighted by molar-refractivity contribution is 0.278. The molecule has 0 bridgehead atoms. The van der Waals surface area contributed by atoms with Crippen molar-refractivity contribution in [1.82, 2.24) is 4.72 Å². The summed E-state index contributed by atoms with van der Waals surface area (Å²) in [4.78, 5) is 0.201. The average Bonchev–Trinajstić information content (AvgIpc) is 2.41. The van der Waals surface area contributed by atoms with Gasteiger partial charge in [0.1, 0.15) is 5.75 Å². The third-order valence-corrected chi connectivity index (χ3v) is 5.60. The van der Waals surface area contributed by atoms with Gasteiger partial charge in [-0.2, -0.15) is 0 Å². The molecule has 20 heavy (non-hydrogen) atoms. The Morgan fingerprint density at radius 2 is 1.75 bits per heavy atom. The van der Waals surface area contributed by atoms with Gasteiger partial charge in [0.25, 0.3) is 0 Å². The standard InChI is InChI=1S/C15H23NO3S/c1-12-2-4-13(5-3-12)10-11-16-20(18,19)15-8-6-14(17)7-9-15/h6-9,12-13,16-17H,2-5,10-11H2,1H3. The first-order valence-corrected chi connectivity index (χ1v) is 8.74. The van der Waals surface area contributed by atoms with E-state index in [0.717, 1.165) is 12.3 Å². The first-order valence-electron chi connectivity index (χ1n) is 7.26. The van der Waals surface area contributed by atoms with Crippen molar-refractivity contribution >= 4 is 10.0 Å². The zero-order chi connectivity index (χ0) is 14.6. The van der Waals surface area contributed by atoms with Gasteiger partial charge >= 0.3 is 0 Å². The minimum Gasteiger partial charge on any atom is -0.508 e. The molecule has 5 heteroatoms. The van der Waals surface area contributed by atoms with E-state index >= 15 is 0 Å². The molecule has 0 saturated heterocycles. The number of phenols is 1. The van der Waals surface area contributed by atoms with Gasteiger partial charge < -0.3 is 5.11 Å². The second-order valence-electron chi connectivity index (χ2n) is 5.81. The molecule has 1 saturated carbocycles. The second-order valence-corrected chi connectivity index (χ2v) is 7.57. The summed E-state index contributed by atoms with van der Waals surface area (Å²) in [6.45, 7) is 2.77. The molecule has 0 unspecified atom stereocenters. The van der Waals surface area contributed by atoms with Crippen LogP contribution in [-0.4, -0.2) is 20.1 Å². The number of aromatic hydroxyl groups is 1. The topological polar surface area (TPSA) is 66.4 Å². The molecule has 1 aliphatic carbocycles. The first kappa shape index (κ1) is 15.3. The Morgan fingerprint density at radius 1 is 1.15 bits per heavy atom. The maximum Gasteiger partial charge on any atom is 0.240 e. The molecule has 0 aliphatic heterocycles. The van der Waals surface area contributed by atoms with E-state index < -0.39 is 10.0 Å². The summed E-state index contributed by atoms with van der Waals surface area (Å²) in [5.74, 6) is 1.54. The number of hydrogen-bond donors (Lipinski definition) is 2.